The lowest BCUT2D eigenvalue weighted by atomic mass is 9.78. The van der Waals surface area contributed by atoms with Gasteiger partial charge in [-0.2, -0.15) is 0 Å². The second kappa shape index (κ2) is 7.89. The molecule has 1 aromatic carbocycles. The summed E-state index contributed by atoms with van der Waals surface area (Å²) in [6.07, 6.45) is 5.30. The molecule has 5 nitrogen and oxygen atoms in total. The summed E-state index contributed by atoms with van der Waals surface area (Å²) in [5.74, 6) is 1.65. The van der Waals surface area contributed by atoms with Crippen LogP contribution in [0, 0.1) is 6.92 Å². The van der Waals surface area contributed by atoms with Gasteiger partial charge in [0.1, 0.15) is 0 Å². The van der Waals surface area contributed by atoms with Crippen LogP contribution in [0.1, 0.15) is 30.4 Å². The van der Waals surface area contributed by atoms with E-state index < -0.39 is 7.12 Å². The first-order valence-electron chi connectivity index (χ1n) is 8.69. The average Bonchev–Trinajstić information content (AvgIpc) is 3.06. The third-order valence-corrected chi connectivity index (χ3v) is 4.61. The van der Waals surface area contributed by atoms with Crippen molar-refractivity contribution in [3.63, 3.8) is 0 Å². The minimum Gasteiger partial charge on any atom is -0.493 e. The largest absolute Gasteiger partial charge is 0.493 e. The van der Waals surface area contributed by atoms with E-state index in [4.69, 9.17) is 14.1 Å². The second-order valence-electron chi connectivity index (χ2n) is 6.34. The topological polar surface area (TPSA) is 60.8 Å². The lowest BCUT2D eigenvalue weighted by Crippen LogP contribution is -2.08. The zero-order valence-electron chi connectivity index (χ0n) is 15.0. The van der Waals surface area contributed by atoms with Crippen LogP contribution >= 0.6 is 0 Å². The zero-order valence-corrected chi connectivity index (χ0v) is 15.0. The Balaban J connectivity index is 1.96. The maximum atomic E-state index is 9.64. The van der Waals surface area contributed by atoms with E-state index in [0.717, 1.165) is 40.2 Å². The Morgan fingerprint density at radius 3 is 2.84 bits per heavy atom. The number of hydrogen-bond donors (Lipinski definition) is 1. The van der Waals surface area contributed by atoms with Crippen LogP contribution in [0.2, 0.25) is 6.32 Å². The normalized spacial score (nSPS) is 17.0. The van der Waals surface area contributed by atoms with Gasteiger partial charge < -0.3 is 19.2 Å². The molecule has 0 saturated carbocycles. The van der Waals surface area contributed by atoms with Crippen LogP contribution in [-0.2, 0) is 4.65 Å². The molecule has 1 aliphatic heterocycles. The van der Waals surface area contributed by atoms with E-state index >= 15 is 0 Å². The summed E-state index contributed by atoms with van der Waals surface area (Å²) in [7, 11) is 0.968. The molecule has 0 unspecified atom stereocenters. The van der Waals surface area contributed by atoms with Crippen molar-refractivity contribution in [1.29, 1.82) is 0 Å². The average molecular weight is 341 g/mol. The Morgan fingerprint density at radius 2 is 2.16 bits per heavy atom. The number of hydrogen-bond acceptors (Lipinski definition) is 5. The van der Waals surface area contributed by atoms with Crippen molar-refractivity contribution in [3.8, 4) is 22.6 Å². The van der Waals surface area contributed by atoms with Gasteiger partial charge in [0.05, 0.1) is 13.7 Å². The summed E-state index contributed by atoms with van der Waals surface area (Å²) in [5, 5.41) is 9.64. The van der Waals surface area contributed by atoms with Gasteiger partial charge in [-0.15, -0.1) is 0 Å². The summed E-state index contributed by atoms with van der Waals surface area (Å²) in [6, 6.07) is 5.95. The van der Waals surface area contributed by atoms with E-state index in [1.54, 1.807) is 7.11 Å². The van der Waals surface area contributed by atoms with Crippen LogP contribution in [0.15, 0.2) is 30.6 Å². The second-order valence-corrected chi connectivity index (χ2v) is 6.34. The SMILES string of the molecule is CCCOc1cc(-c2cncc([C@@H]3COB(O)C3)c2C)ccc1OC. The number of benzene rings is 1. The van der Waals surface area contributed by atoms with Crippen LogP contribution in [0.25, 0.3) is 11.1 Å². The third kappa shape index (κ3) is 3.80. The Bertz CT molecular complexity index is 737. The van der Waals surface area contributed by atoms with Crippen molar-refractivity contribution in [3.05, 3.63) is 41.7 Å². The van der Waals surface area contributed by atoms with Crippen molar-refractivity contribution in [1.82, 2.24) is 4.98 Å². The summed E-state index contributed by atoms with van der Waals surface area (Å²) < 4.78 is 16.5. The fourth-order valence-electron chi connectivity index (χ4n) is 3.24. The molecule has 0 spiro atoms. The molecule has 1 atom stereocenters. The third-order valence-electron chi connectivity index (χ3n) is 4.61. The Labute approximate surface area is 149 Å². The van der Waals surface area contributed by atoms with Crippen LogP contribution < -0.4 is 9.47 Å². The van der Waals surface area contributed by atoms with E-state index in [-0.39, 0.29) is 5.92 Å². The number of ether oxygens (including phenoxy) is 2. The highest BCUT2D eigenvalue weighted by Crippen LogP contribution is 2.37. The highest BCUT2D eigenvalue weighted by Gasteiger charge is 2.31. The number of pyridine rings is 1. The first-order valence-corrected chi connectivity index (χ1v) is 8.69. The summed E-state index contributed by atoms with van der Waals surface area (Å²) in [6.45, 7) is 5.34. The van der Waals surface area contributed by atoms with E-state index in [1.807, 2.05) is 30.6 Å². The Morgan fingerprint density at radius 1 is 1.32 bits per heavy atom. The maximum Gasteiger partial charge on any atom is 0.454 e. The van der Waals surface area contributed by atoms with Gasteiger partial charge in [0.25, 0.3) is 0 Å². The molecule has 3 rings (SSSR count). The van der Waals surface area contributed by atoms with Gasteiger partial charge in [-0.05, 0) is 48.5 Å². The van der Waals surface area contributed by atoms with Gasteiger partial charge in [-0.25, -0.2) is 0 Å². The first-order chi connectivity index (χ1) is 12.1. The lowest BCUT2D eigenvalue weighted by molar-refractivity contribution is 0.292. The number of aromatic nitrogens is 1. The molecule has 0 radical (unpaired) electrons. The van der Waals surface area contributed by atoms with Crippen molar-refractivity contribution in [2.45, 2.75) is 32.5 Å². The van der Waals surface area contributed by atoms with Crippen LogP contribution in [-0.4, -0.2) is 37.4 Å². The molecular formula is C19H24BNO4. The van der Waals surface area contributed by atoms with Gasteiger partial charge >= 0.3 is 7.12 Å². The predicted molar refractivity (Wildman–Crippen MR) is 98.2 cm³/mol. The van der Waals surface area contributed by atoms with Crippen molar-refractivity contribution < 1.29 is 19.2 Å². The van der Waals surface area contributed by atoms with E-state index in [1.165, 1.54) is 0 Å². The van der Waals surface area contributed by atoms with Gasteiger partial charge in [0, 0.05) is 30.5 Å². The van der Waals surface area contributed by atoms with Crippen molar-refractivity contribution in [2.75, 3.05) is 20.3 Å². The van der Waals surface area contributed by atoms with E-state index in [9.17, 15) is 5.02 Å². The van der Waals surface area contributed by atoms with Gasteiger partial charge in [-0.1, -0.05) is 13.0 Å². The first kappa shape index (κ1) is 17.8. The molecule has 1 fully saturated rings. The highest BCUT2D eigenvalue weighted by molar-refractivity contribution is 6.43. The lowest BCUT2D eigenvalue weighted by Gasteiger charge is -2.16. The summed E-state index contributed by atoms with van der Waals surface area (Å²) >= 11 is 0. The number of methoxy groups -OCH3 is 1. The molecule has 6 heteroatoms. The van der Waals surface area contributed by atoms with Crippen LogP contribution in [0.5, 0.6) is 11.5 Å². The van der Waals surface area contributed by atoms with Crippen molar-refractivity contribution >= 4 is 7.12 Å². The molecule has 0 bridgehead atoms. The fraction of sp³-hybridized carbons (Fsp3) is 0.421. The number of rotatable bonds is 6. The van der Waals surface area contributed by atoms with E-state index in [2.05, 4.69) is 18.8 Å². The molecule has 1 aromatic heterocycles. The summed E-state index contributed by atoms with van der Waals surface area (Å²) in [5.41, 5.74) is 4.38. The molecule has 1 N–H and O–H groups in total. The van der Waals surface area contributed by atoms with Crippen molar-refractivity contribution in [2.24, 2.45) is 0 Å². The quantitative estimate of drug-likeness (QED) is 0.816. The molecule has 0 aliphatic carbocycles. The Kier molecular flexibility index (Phi) is 5.61. The molecule has 1 aliphatic rings. The maximum absolute atomic E-state index is 9.64. The molecule has 25 heavy (non-hydrogen) atoms. The van der Waals surface area contributed by atoms with Crippen LogP contribution in [0.3, 0.4) is 0 Å². The molecule has 2 heterocycles. The number of nitrogens with zero attached hydrogens (tertiary/aromatic N) is 1. The van der Waals surface area contributed by atoms with E-state index in [0.29, 0.717) is 19.5 Å². The highest BCUT2D eigenvalue weighted by atomic mass is 16.5. The summed E-state index contributed by atoms with van der Waals surface area (Å²) in [4.78, 5) is 4.42. The minimum absolute atomic E-state index is 0.177. The van der Waals surface area contributed by atoms with Gasteiger partial charge in [-0.3, -0.25) is 4.98 Å². The monoisotopic (exact) mass is 341 g/mol. The molecular weight excluding hydrogens is 317 g/mol. The standard InChI is InChI=1S/C19H24BNO4/c1-4-7-24-19-8-14(5-6-18(19)23-3)16-10-21-11-17(13(16)2)15-9-20(22)25-12-15/h5-6,8,10-11,15,22H,4,7,9,12H2,1-3H3/t15-/m0/s1. The fourth-order valence-corrected chi connectivity index (χ4v) is 3.24. The van der Waals surface area contributed by atoms with Crippen LogP contribution in [0.4, 0.5) is 0 Å². The predicted octanol–water partition coefficient (Wildman–Crippen LogP) is 3.45. The van der Waals surface area contributed by atoms with Gasteiger partial charge in [0.2, 0.25) is 0 Å². The molecule has 132 valence electrons. The zero-order chi connectivity index (χ0) is 17.8. The Hall–Kier alpha value is -2.05. The van der Waals surface area contributed by atoms with Gasteiger partial charge in [0.15, 0.2) is 11.5 Å². The molecule has 2 aromatic rings. The molecule has 0 amide bonds. The minimum atomic E-state index is -0.678. The smallest absolute Gasteiger partial charge is 0.454 e. The molecule has 1 saturated heterocycles.